The number of ether oxygens (including phenoxy) is 1. The summed E-state index contributed by atoms with van der Waals surface area (Å²) in [6.07, 6.45) is 28.2. The van der Waals surface area contributed by atoms with Crippen LogP contribution in [0.15, 0.2) is 310 Å². The molecule has 0 aliphatic heterocycles. The number of fused-ring (bicyclic) bond motifs is 4. The van der Waals surface area contributed by atoms with Gasteiger partial charge in [0, 0.05) is 190 Å². The van der Waals surface area contributed by atoms with Gasteiger partial charge in [-0.3, -0.25) is 24.9 Å². The first-order valence-electron chi connectivity index (χ1n) is 42.1. The number of aromatic nitrogens is 16. The number of nitrogens with one attached hydrogen (secondary N) is 5. The Morgan fingerprint density at radius 1 is 0.391 bits per heavy atom. The van der Waals surface area contributed by atoms with E-state index in [0.717, 1.165) is 132 Å². The van der Waals surface area contributed by atoms with Crippen molar-refractivity contribution < 1.29 is 17.9 Å². The molecule has 0 atom stereocenters. The Kier molecular flexibility index (Phi) is 29.9. The Balaban J connectivity index is 0.000000121. The number of para-hydroxylation sites is 1. The molecule has 0 unspecified atom stereocenters. The minimum atomic E-state index is -0.484. The minimum Gasteiger partial charge on any atom is -0.454 e. The summed E-state index contributed by atoms with van der Waals surface area (Å²) in [4.78, 5) is 67.8. The molecular weight excluding hydrogens is 1780 g/mol. The molecule has 0 bridgehead atoms. The van der Waals surface area contributed by atoms with Gasteiger partial charge in [-0.05, 0) is 248 Å². The van der Waals surface area contributed by atoms with Crippen molar-refractivity contribution in [2.75, 3.05) is 49.5 Å². The van der Waals surface area contributed by atoms with E-state index in [9.17, 15) is 13.2 Å². The molecule has 34 heteroatoms. The highest BCUT2D eigenvalue weighted by atomic mass is 35.5. The average Bonchev–Trinajstić information content (AvgIpc) is 1.78. The zero-order chi connectivity index (χ0) is 92.1. The van der Waals surface area contributed by atoms with Crippen molar-refractivity contribution in [1.82, 2.24) is 79.3 Å². The summed E-state index contributed by atoms with van der Waals surface area (Å²) in [5.41, 5.74) is 37.1. The molecule has 20 rings (SSSR count). The van der Waals surface area contributed by atoms with E-state index < -0.39 is 11.6 Å². The Hall–Kier alpha value is -15.1. The molecule has 133 heavy (non-hydrogen) atoms. The maximum absolute atomic E-state index is 14.6. The van der Waals surface area contributed by atoms with E-state index >= 15 is 0 Å². The van der Waals surface area contributed by atoms with Crippen LogP contribution in [0.5, 0.6) is 11.5 Å². The Morgan fingerprint density at radius 2 is 0.910 bits per heavy atom. The summed E-state index contributed by atoms with van der Waals surface area (Å²) in [5.74, 6) is 4.03. The van der Waals surface area contributed by atoms with Gasteiger partial charge < -0.3 is 58.8 Å². The van der Waals surface area contributed by atoms with E-state index in [0.29, 0.717) is 78.7 Å². The third kappa shape index (κ3) is 24.9. The van der Waals surface area contributed by atoms with Crippen molar-refractivity contribution in [2.45, 2.75) is 108 Å². The van der Waals surface area contributed by atoms with E-state index in [4.69, 9.17) is 50.9 Å². The molecule has 0 saturated heterocycles. The maximum atomic E-state index is 14.6. The predicted molar refractivity (Wildman–Crippen MR) is 525 cm³/mol. The molecule has 2 aliphatic rings. The largest absolute Gasteiger partial charge is 0.454 e. The first-order valence-corrected chi connectivity index (χ1v) is 45.3. The van der Waals surface area contributed by atoms with E-state index in [1.54, 1.807) is 123 Å². The summed E-state index contributed by atoms with van der Waals surface area (Å²) in [6.45, 7) is 5.49. The SMILES string of the molecule is Cc1cc(Cc2cc(F)c(Sc3ccncc3)cc2F)nc(N)n1.Cc1cc(Nc2cc(Cl)c(Oc3cccc4cnccc34)c(Cl)c2)nc(N)n1.Cc1cc(Nc2ccc(Sc3ccncc3)c(F)c2)nc(Nc2ccccc2)n1.Nc1nc2c(c(Nc3ccc(Sc4ccncc4)cc3)n1)CCCC2.Nc1nc2c(c(Nc3ccc4c(ccn4-c4ccncc4)c3)n1)CCCC2. The predicted octanol–water partition coefficient (Wildman–Crippen LogP) is 23.7. The zero-order valence-electron chi connectivity index (χ0n) is 71.9. The number of anilines is 14. The second kappa shape index (κ2) is 43.6. The van der Waals surface area contributed by atoms with Crippen LogP contribution >= 0.6 is 58.5 Å². The molecule has 0 spiro atoms. The van der Waals surface area contributed by atoms with Crippen molar-refractivity contribution >= 4 is 162 Å². The number of halogens is 5. The first-order chi connectivity index (χ1) is 64.7. The van der Waals surface area contributed by atoms with Crippen LogP contribution in [0.4, 0.5) is 94.6 Å². The lowest BCUT2D eigenvalue weighted by Gasteiger charge is -2.19. The maximum Gasteiger partial charge on any atom is 0.229 e. The third-order valence-electron chi connectivity index (χ3n) is 20.5. The third-order valence-corrected chi connectivity index (χ3v) is 24.2. The van der Waals surface area contributed by atoms with Crippen LogP contribution in [0.25, 0.3) is 27.4 Å². The van der Waals surface area contributed by atoms with Gasteiger partial charge in [0.2, 0.25) is 29.7 Å². The second-order valence-electron chi connectivity index (χ2n) is 30.4. The fourth-order valence-electron chi connectivity index (χ4n) is 14.6. The van der Waals surface area contributed by atoms with Crippen LogP contribution in [0.3, 0.4) is 0 Å². The van der Waals surface area contributed by atoms with Crippen molar-refractivity contribution in [3.63, 3.8) is 0 Å². The normalized spacial score (nSPS) is 11.8. The number of nitrogens with two attached hydrogens (primary N) is 4. The molecule has 666 valence electrons. The van der Waals surface area contributed by atoms with Gasteiger partial charge in [-0.1, -0.05) is 88.8 Å². The Morgan fingerprint density at radius 3 is 1.54 bits per heavy atom. The number of benzene rings is 7. The summed E-state index contributed by atoms with van der Waals surface area (Å²) < 4.78 is 51.4. The van der Waals surface area contributed by atoms with Gasteiger partial charge in [-0.15, -0.1) is 0 Å². The Bertz CT molecular complexity index is 7040. The minimum absolute atomic E-state index is 0.121. The number of rotatable bonds is 21. The van der Waals surface area contributed by atoms with Crippen LogP contribution < -0.4 is 54.3 Å². The standard InChI is InChI=1S/C22H18FN5S.C21H20N6.C20H15Cl2N5O.C19H19N5S.C17H14F2N4S/c1-15-13-21(28-22(25-15)27-16-5-3-2-4-6-16)26-17-7-8-20(19(23)14-17)29-18-9-11-24-12-10-18;22-21-25-18-4-2-1-3-17(18)20(26-21)24-15-5-6-19-14(13-15)9-12-27(19)16-7-10-23-11-8-16;1-11-7-18(27-20(23)25-11)26-13-8-15(21)19(16(22)9-13)28-17-4-2-3-12-10-24-6-5-14(12)17;20-19-23-17-4-2-1-3-16(17)18(24-19)22-13-5-7-14(8-6-13)25-15-9-11-21-12-10-15;1-10-6-12(23-17(20)22-10)7-11-8-15(19)16(9-14(11)18)24-13-2-4-21-5-3-13/h2-14H,1H3,(H2,25,26,27,28);5-13H,1-4H2,(H3,22,24,25,26);2-10H,1H3,(H3,23,25,26,27);5-12H,1-4H2,(H3,20,22,23,24);2-6,8-9H,7H2,1H3,(H2,20,22,23). The van der Waals surface area contributed by atoms with Crippen LogP contribution in [0.1, 0.15) is 76.5 Å². The number of nitrogens with zero attached hydrogens (tertiary/aromatic N) is 16. The van der Waals surface area contributed by atoms with Crippen molar-refractivity contribution in [3.05, 3.63) is 359 Å². The highest BCUT2D eigenvalue weighted by Gasteiger charge is 2.22. The summed E-state index contributed by atoms with van der Waals surface area (Å²) in [6, 6.07) is 65.4. The molecule has 18 aromatic rings. The highest BCUT2D eigenvalue weighted by Crippen LogP contribution is 2.43. The van der Waals surface area contributed by atoms with Gasteiger partial charge in [-0.2, -0.15) is 19.9 Å². The fraction of sp³-hybridized carbons (Fsp3) is 0.121. The molecule has 0 saturated carbocycles. The summed E-state index contributed by atoms with van der Waals surface area (Å²) in [5, 5.41) is 20.1. The van der Waals surface area contributed by atoms with E-state index in [1.807, 2.05) is 117 Å². The molecule has 11 heterocycles. The quantitative estimate of drug-likeness (QED) is 0.0323. The van der Waals surface area contributed by atoms with Gasteiger partial charge in [0.25, 0.3) is 0 Å². The van der Waals surface area contributed by atoms with Gasteiger partial charge in [0.15, 0.2) is 5.75 Å². The van der Waals surface area contributed by atoms with Gasteiger partial charge in [0.05, 0.1) is 37.5 Å². The second-order valence-corrected chi connectivity index (χ2v) is 34.6. The van der Waals surface area contributed by atoms with Crippen molar-refractivity contribution in [3.8, 4) is 17.2 Å². The number of hydrogen-bond acceptors (Lipinski definition) is 28. The molecule has 13 N–H and O–H groups in total. The van der Waals surface area contributed by atoms with Crippen LogP contribution in [0.2, 0.25) is 10.0 Å². The average molecular weight is 1870 g/mol. The van der Waals surface area contributed by atoms with Gasteiger partial charge in [0.1, 0.15) is 46.5 Å². The lowest BCUT2D eigenvalue weighted by molar-refractivity contribution is 0.489. The smallest absolute Gasteiger partial charge is 0.229 e. The molecule has 7 aromatic carbocycles. The van der Waals surface area contributed by atoms with Crippen molar-refractivity contribution in [1.29, 1.82) is 0 Å². The number of hydrogen-bond donors (Lipinski definition) is 9. The van der Waals surface area contributed by atoms with E-state index in [1.165, 1.54) is 70.1 Å². The molecule has 2 aliphatic carbocycles. The lowest BCUT2D eigenvalue weighted by Crippen LogP contribution is -2.12. The number of nitrogen functional groups attached to an aromatic ring is 4. The summed E-state index contributed by atoms with van der Waals surface area (Å²) >= 11 is 17.1. The molecule has 0 fully saturated rings. The van der Waals surface area contributed by atoms with E-state index in [2.05, 4.69) is 161 Å². The topological polar surface area (TPSA) is 372 Å². The van der Waals surface area contributed by atoms with Gasteiger partial charge >= 0.3 is 0 Å². The highest BCUT2D eigenvalue weighted by molar-refractivity contribution is 7.99. The van der Waals surface area contributed by atoms with Crippen LogP contribution in [-0.4, -0.2) is 79.3 Å². The van der Waals surface area contributed by atoms with Crippen LogP contribution in [0, 0.1) is 38.2 Å². The molecule has 0 radical (unpaired) electrons. The molecule has 26 nitrogen and oxygen atoms in total. The van der Waals surface area contributed by atoms with E-state index in [-0.39, 0.29) is 34.6 Å². The monoisotopic (exact) mass is 1860 g/mol. The molecule has 11 aromatic heterocycles. The zero-order valence-corrected chi connectivity index (χ0v) is 75.9. The molecule has 0 amide bonds. The molecular formula is C99H86Cl2F3N25OS3. The summed E-state index contributed by atoms with van der Waals surface area (Å²) in [7, 11) is 0. The fourth-order valence-corrected chi connectivity index (χ4v) is 17.6. The number of pyridine rings is 5. The van der Waals surface area contributed by atoms with Crippen LogP contribution in [-0.2, 0) is 32.1 Å². The Labute approximate surface area is 786 Å². The van der Waals surface area contributed by atoms with Crippen molar-refractivity contribution in [2.24, 2.45) is 0 Å². The first kappa shape index (κ1) is 91.2. The lowest BCUT2D eigenvalue weighted by atomic mass is 9.96. The van der Waals surface area contributed by atoms with Gasteiger partial charge in [-0.25, -0.2) is 43.1 Å². The number of aryl methyl sites for hydroxylation is 5.